The number of rotatable bonds is 7. The molecule has 3 aromatic carbocycles. The molecule has 1 saturated heterocycles. The molecule has 0 spiro atoms. The van der Waals surface area contributed by atoms with Crippen LogP contribution in [0.2, 0.25) is 0 Å². The first-order chi connectivity index (χ1) is 16.6. The van der Waals surface area contributed by atoms with Crippen molar-refractivity contribution in [3.63, 3.8) is 0 Å². The average molecular weight is 462 g/mol. The van der Waals surface area contributed by atoms with Crippen LogP contribution in [0.5, 0.6) is 11.5 Å². The van der Waals surface area contributed by atoms with Crippen LogP contribution in [0.15, 0.2) is 66.7 Å². The maximum Gasteiger partial charge on any atom is 0.251 e. The van der Waals surface area contributed by atoms with Crippen molar-refractivity contribution >= 4 is 5.91 Å². The molecule has 2 aliphatic heterocycles. The Hall–Kier alpha value is -3.42. The fraction of sp³-hybridized carbons (Fsp3) is 0.296. The second-order valence-electron chi connectivity index (χ2n) is 8.75. The Morgan fingerprint density at radius 3 is 2.18 bits per heavy atom. The first-order valence-corrected chi connectivity index (χ1v) is 11.6. The second kappa shape index (κ2) is 10.2. The van der Waals surface area contributed by atoms with E-state index in [9.17, 15) is 9.18 Å². The Morgan fingerprint density at radius 1 is 0.794 bits per heavy atom. The van der Waals surface area contributed by atoms with Gasteiger partial charge in [-0.25, -0.2) is 4.39 Å². The topological polar surface area (TPSA) is 54.0 Å². The highest BCUT2D eigenvalue weighted by Crippen LogP contribution is 2.32. The van der Waals surface area contributed by atoms with E-state index in [1.807, 2.05) is 24.3 Å². The Kier molecular flexibility index (Phi) is 6.74. The van der Waals surface area contributed by atoms with Crippen molar-refractivity contribution in [3.8, 4) is 11.5 Å². The lowest BCUT2D eigenvalue weighted by Crippen LogP contribution is -2.45. The van der Waals surface area contributed by atoms with Gasteiger partial charge in [0, 0.05) is 51.4 Å². The molecule has 1 fully saturated rings. The van der Waals surface area contributed by atoms with Gasteiger partial charge >= 0.3 is 0 Å². The van der Waals surface area contributed by atoms with Crippen LogP contribution >= 0.6 is 0 Å². The molecule has 6 nitrogen and oxygen atoms in total. The molecule has 1 N–H and O–H groups in total. The van der Waals surface area contributed by atoms with Crippen molar-refractivity contribution in [3.05, 3.63) is 94.8 Å². The van der Waals surface area contributed by atoms with E-state index in [4.69, 9.17) is 9.47 Å². The third-order valence-electron chi connectivity index (χ3n) is 6.27. The summed E-state index contributed by atoms with van der Waals surface area (Å²) in [5, 5.41) is 2.91. The molecule has 7 heteroatoms. The maximum absolute atomic E-state index is 13.0. The Morgan fingerprint density at radius 2 is 1.44 bits per heavy atom. The molecule has 34 heavy (non-hydrogen) atoms. The molecule has 0 atom stereocenters. The lowest BCUT2D eigenvalue weighted by Gasteiger charge is -2.34. The number of benzene rings is 3. The Bertz CT molecular complexity index is 1140. The monoisotopic (exact) mass is 461 g/mol. The van der Waals surface area contributed by atoms with Crippen molar-refractivity contribution in [1.82, 2.24) is 15.1 Å². The second-order valence-corrected chi connectivity index (χ2v) is 8.75. The van der Waals surface area contributed by atoms with Crippen molar-refractivity contribution < 1.29 is 18.7 Å². The summed E-state index contributed by atoms with van der Waals surface area (Å²) in [4.78, 5) is 17.5. The highest BCUT2D eigenvalue weighted by atomic mass is 19.1. The number of carbonyl (C=O) groups is 1. The lowest BCUT2D eigenvalue weighted by atomic mass is 10.1. The lowest BCUT2D eigenvalue weighted by molar-refractivity contribution is 0.0950. The van der Waals surface area contributed by atoms with E-state index in [2.05, 4.69) is 33.3 Å². The predicted molar refractivity (Wildman–Crippen MR) is 127 cm³/mol. The third-order valence-corrected chi connectivity index (χ3v) is 6.27. The number of nitrogens with zero attached hydrogens (tertiary/aromatic N) is 2. The van der Waals surface area contributed by atoms with Gasteiger partial charge in [-0.05, 0) is 53.1 Å². The molecule has 0 aliphatic carbocycles. The summed E-state index contributed by atoms with van der Waals surface area (Å²) in [5.41, 5.74) is 3.86. The van der Waals surface area contributed by atoms with Gasteiger partial charge in [-0.1, -0.05) is 30.3 Å². The van der Waals surface area contributed by atoms with Crippen LogP contribution in [0.1, 0.15) is 27.0 Å². The van der Waals surface area contributed by atoms with Gasteiger partial charge in [-0.3, -0.25) is 14.6 Å². The predicted octanol–water partition coefficient (Wildman–Crippen LogP) is 3.80. The Balaban J connectivity index is 1.10. The minimum atomic E-state index is -0.281. The minimum Gasteiger partial charge on any atom is -0.454 e. The van der Waals surface area contributed by atoms with Crippen LogP contribution in [0, 0.1) is 5.82 Å². The molecular formula is C27H28FN3O3. The van der Waals surface area contributed by atoms with Crippen LogP contribution in [0.3, 0.4) is 0 Å². The number of amides is 1. The van der Waals surface area contributed by atoms with E-state index in [0.717, 1.165) is 61.9 Å². The SMILES string of the molecule is O=C(NCc1ccc(F)cc1)c1cccc(CN2CCN(Cc3ccc4c(c3)OCO4)CC2)c1. The minimum absolute atomic E-state index is 0.125. The number of hydrogen-bond acceptors (Lipinski definition) is 5. The molecular weight excluding hydrogens is 433 g/mol. The fourth-order valence-corrected chi connectivity index (χ4v) is 4.36. The van der Waals surface area contributed by atoms with Gasteiger partial charge in [0.25, 0.3) is 5.91 Å². The largest absolute Gasteiger partial charge is 0.454 e. The van der Waals surface area contributed by atoms with Gasteiger partial charge < -0.3 is 14.8 Å². The molecule has 0 bridgehead atoms. The number of halogens is 1. The standard InChI is InChI=1S/C27H28FN3O3/c28-24-7-4-20(5-8-24)16-29-27(32)23-3-1-2-21(14-23)17-30-10-12-31(13-11-30)18-22-6-9-25-26(15-22)34-19-33-25/h1-9,14-15H,10-13,16-19H2,(H,29,32). The third kappa shape index (κ3) is 5.55. The van der Waals surface area contributed by atoms with Gasteiger partial charge in [0.1, 0.15) is 5.82 Å². The quantitative estimate of drug-likeness (QED) is 0.580. The number of ether oxygens (including phenoxy) is 2. The summed E-state index contributed by atoms with van der Waals surface area (Å²) in [6.45, 7) is 6.32. The van der Waals surface area contributed by atoms with Gasteiger partial charge in [-0.15, -0.1) is 0 Å². The molecule has 2 aliphatic rings. The summed E-state index contributed by atoms with van der Waals surface area (Å²) in [7, 11) is 0. The van der Waals surface area contributed by atoms with Crippen molar-refractivity contribution in [2.45, 2.75) is 19.6 Å². The van der Waals surface area contributed by atoms with E-state index in [0.29, 0.717) is 18.9 Å². The number of carbonyl (C=O) groups excluding carboxylic acids is 1. The number of hydrogen-bond donors (Lipinski definition) is 1. The normalized spacial score (nSPS) is 15.9. The molecule has 0 radical (unpaired) electrons. The molecule has 0 saturated carbocycles. The Labute approximate surface area is 198 Å². The van der Waals surface area contributed by atoms with Crippen LogP contribution in [-0.4, -0.2) is 48.7 Å². The maximum atomic E-state index is 13.0. The molecule has 3 aromatic rings. The fourth-order valence-electron chi connectivity index (χ4n) is 4.36. The molecule has 1 amide bonds. The molecule has 0 aromatic heterocycles. The van der Waals surface area contributed by atoms with E-state index < -0.39 is 0 Å². The first kappa shape index (κ1) is 22.4. The smallest absolute Gasteiger partial charge is 0.251 e. The summed E-state index contributed by atoms with van der Waals surface area (Å²) in [6, 6.07) is 20.1. The van der Waals surface area contributed by atoms with Crippen LogP contribution in [-0.2, 0) is 19.6 Å². The zero-order valence-electron chi connectivity index (χ0n) is 19.0. The molecule has 0 unspecified atom stereocenters. The molecule has 2 heterocycles. The highest BCUT2D eigenvalue weighted by Gasteiger charge is 2.19. The zero-order chi connectivity index (χ0) is 23.3. The van der Waals surface area contributed by atoms with Crippen molar-refractivity contribution in [1.29, 1.82) is 0 Å². The summed E-state index contributed by atoms with van der Waals surface area (Å²) in [5.74, 6) is 1.24. The summed E-state index contributed by atoms with van der Waals surface area (Å²) in [6.07, 6.45) is 0. The molecule has 176 valence electrons. The van der Waals surface area contributed by atoms with Crippen LogP contribution < -0.4 is 14.8 Å². The number of piperazine rings is 1. The summed E-state index contributed by atoms with van der Waals surface area (Å²) < 4.78 is 23.9. The van der Waals surface area contributed by atoms with Crippen molar-refractivity contribution in [2.24, 2.45) is 0 Å². The summed E-state index contributed by atoms with van der Waals surface area (Å²) >= 11 is 0. The molecule has 5 rings (SSSR count). The van der Waals surface area contributed by atoms with Crippen LogP contribution in [0.4, 0.5) is 4.39 Å². The van der Waals surface area contributed by atoms with Gasteiger partial charge in [0.05, 0.1) is 0 Å². The first-order valence-electron chi connectivity index (χ1n) is 11.6. The van der Waals surface area contributed by atoms with Gasteiger partial charge in [-0.2, -0.15) is 0 Å². The van der Waals surface area contributed by atoms with E-state index in [-0.39, 0.29) is 11.7 Å². The van der Waals surface area contributed by atoms with Gasteiger partial charge in [0.2, 0.25) is 6.79 Å². The van der Waals surface area contributed by atoms with E-state index in [1.54, 1.807) is 12.1 Å². The number of fused-ring (bicyclic) bond motifs is 1. The highest BCUT2D eigenvalue weighted by molar-refractivity contribution is 5.94. The van der Waals surface area contributed by atoms with E-state index in [1.165, 1.54) is 17.7 Å². The van der Waals surface area contributed by atoms with Crippen LogP contribution in [0.25, 0.3) is 0 Å². The zero-order valence-corrected chi connectivity index (χ0v) is 19.0. The van der Waals surface area contributed by atoms with Crippen molar-refractivity contribution in [2.75, 3.05) is 33.0 Å². The van der Waals surface area contributed by atoms with E-state index >= 15 is 0 Å². The number of nitrogens with one attached hydrogen (secondary N) is 1. The van der Waals surface area contributed by atoms with Gasteiger partial charge in [0.15, 0.2) is 11.5 Å². The average Bonchev–Trinajstić information content (AvgIpc) is 3.33.